The van der Waals surface area contributed by atoms with Gasteiger partial charge in [0.1, 0.15) is 6.54 Å². The van der Waals surface area contributed by atoms with Crippen molar-refractivity contribution in [1.29, 1.82) is 0 Å². The average Bonchev–Trinajstić information content (AvgIpc) is 2.63. The van der Waals surface area contributed by atoms with Crippen molar-refractivity contribution in [2.24, 2.45) is 5.10 Å². The van der Waals surface area contributed by atoms with Gasteiger partial charge in [-0.25, -0.2) is 0 Å². The van der Waals surface area contributed by atoms with Crippen molar-refractivity contribution in [1.82, 2.24) is 5.01 Å². The third kappa shape index (κ3) is 5.22. The Hall–Kier alpha value is -2.10. The van der Waals surface area contributed by atoms with E-state index in [9.17, 15) is 0 Å². The molecule has 1 fully saturated rings. The van der Waals surface area contributed by atoms with E-state index in [2.05, 4.69) is 40.4 Å². The van der Waals surface area contributed by atoms with Gasteiger partial charge >= 0.3 is 0 Å². The molecule has 0 saturated carbocycles. The second kappa shape index (κ2) is 8.67. The topological polar surface area (TPSA) is 20.0 Å². The van der Waals surface area contributed by atoms with Crippen molar-refractivity contribution in [3.05, 3.63) is 76.8 Å². The van der Waals surface area contributed by atoms with Gasteiger partial charge in [0.05, 0.1) is 37.4 Å². The van der Waals surface area contributed by atoms with Gasteiger partial charge in [-0.1, -0.05) is 72.3 Å². The molecule has 124 valence electrons. The minimum Gasteiger partial charge on any atom is -0.328 e. The molecule has 3 nitrogen and oxygen atoms in total. The van der Waals surface area contributed by atoms with Gasteiger partial charge in [0.15, 0.2) is 0 Å². The van der Waals surface area contributed by atoms with Crippen LogP contribution < -0.4 is 4.90 Å². The van der Waals surface area contributed by atoms with Gasteiger partial charge in [0.25, 0.3) is 0 Å². The van der Waals surface area contributed by atoms with Gasteiger partial charge in [0, 0.05) is 5.56 Å². The van der Waals surface area contributed by atoms with Crippen molar-refractivity contribution in [3.8, 4) is 0 Å². The van der Waals surface area contributed by atoms with Crippen LogP contribution in [0.25, 0.3) is 6.08 Å². The molecular formula is C20H23ClN3+. The first-order chi connectivity index (χ1) is 11.8. The summed E-state index contributed by atoms with van der Waals surface area (Å²) in [5.74, 6) is 0. The zero-order chi connectivity index (χ0) is 16.6. The Morgan fingerprint density at radius 1 is 1.00 bits per heavy atom. The predicted octanol–water partition coefficient (Wildman–Crippen LogP) is 2.65. The molecule has 1 heterocycles. The Morgan fingerprint density at radius 3 is 2.29 bits per heavy atom. The average molecular weight is 341 g/mol. The van der Waals surface area contributed by atoms with E-state index < -0.39 is 0 Å². The van der Waals surface area contributed by atoms with E-state index in [-0.39, 0.29) is 0 Å². The summed E-state index contributed by atoms with van der Waals surface area (Å²) in [7, 11) is 0. The lowest BCUT2D eigenvalue weighted by Crippen LogP contribution is -3.13. The van der Waals surface area contributed by atoms with Gasteiger partial charge in [0.2, 0.25) is 0 Å². The Balaban J connectivity index is 1.47. The van der Waals surface area contributed by atoms with Crippen LogP contribution in [0.3, 0.4) is 0 Å². The van der Waals surface area contributed by atoms with Gasteiger partial charge in [-0.2, -0.15) is 5.10 Å². The fourth-order valence-corrected chi connectivity index (χ4v) is 3.04. The predicted molar refractivity (Wildman–Crippen MR) is 101 cm³/mol. The number of benzene rings is 2. The van der Waals surface area contributed by atoms with Crippen molar-refractivity contribution < 1.29 is 4.90 Å². The van der Waals surface area contributed by atoms with Crippen LogP contribution in [0.1, 0.15) is 11.1 Å². The van der Waals surface area contributed by atoms with E-state index >= 15 is 0 Å². The summed E-state index contributed by atoms with van der Waals surface area (Å²) in [5, 5.41) is 7.28. The molecule has 0 spiro atoms. The number of piperazine rings is 1. The van der Waals surface area contributed by atoms with E-state index in [1.165, 1.54) is 5.56 Å². The number of quaternary nitrogens is 1. The summed E-state index contributed by atoms with van der Waals surface area (Å²) in [6.45, 7) is 5.23. The molecule has 0 atom stereocenters. The highest BCUT2D eigenvalue weighted by molar-refractivity contribution is 6.41. The Kier molecular flexibility index (Phi) is 6.05. The minimum absolute atomic E-state index is 0.653. The lowest BCUT2D eigenvalue weighted by Gasteiger charge is -2.30. The van der Waals surface area contributed by atoms with Gasteiger partial charge in [-0.15, -0.1) is 0 Å². The highest BCUT2D eigenvalue weighted by Gasteiger charge is 2.18. The maximum absolute atomic E-state index is 6.25. The number of rotatable bonds is 5. The summed E-state index contributed by atoms with van der Waals surface area (Å²) in [5.41, 5.74) is 2.49. The van der Waals surface area contributed by atoms with Crippen LogP contribution >= 0.6 is 11.6 Å². The molecule has 1 saturated heterocycles. The molecule has 2 aromatic rings. The fraction of sp³-hybridized carbons (Fsp3) is 0.250. The maximum Gasteiger partial charge on any atom is 0.103 e. The van der Waals surface area contributed by atoms with Crippen LogP contribution in [-0.4, -0.2) is 37.4 Å². The molecule has 1 N–H and O–H groups in total. The van der Waals surface area contributed by atoms with Crippen molar-refractivity contribution in [2.45, 2.75) is 6.54 Å². The quantitative estimate of drug-likeness (QED) is 0.830. The molecule has 4 heteroatoms. The molecule has 0 unspecified atom stereocenters. The third-order valence-corrected chi connectivity index (χ3v) is 4.40. The molecule has 0 bridgehead atoms. The molecule has 0 radical (unpaired) electrons. The van der Waals surface area contributed by atoms with E-state index in [0.717, 1.165) is 38.3 Å². The summed E-state index contributed by atoms with van der Waals surface area (Å²) < 4.78 is 0. The van der Waals surface area contributed by atoms with Crippen LogP contribution in [0.2, 0.25) is 0 Å². The van der Waals surface area contributed by atoms with Crippen LogP contribution in [0.15, 0.2) is 70.8 Å². The molecule has 2 aromatic carbocycles. The number of halogens is 1. The Bertz CT molecular complexity index is 675. The zero-order valence-electron chi connectivity index (χ0n) is 13.7. The Labute approximate surface area is 148 Å². The van der Waals surface area contributed by atoms with Crippen molar-refractivity contribution in [3.63, 3.8) is 0 Å². The number of hydrogen-bond acceptors (Lipinski definition) is 2. The molecule has 3 rings (SSSR count). The van der Waals surface area contributed by atoms with E-state index in [0.29, 0.717) is 5.03 Å². The summed E-state index contributed by atoms with van der Waals surface area (Å²) >= 11 is 6.25. The molecular weight excluding hydrogens is 318 g/mol. The molecule has 0 amide bonds. The van der Waals surface area contributed by atoms with E-state index in [1.54, 1.807) is 11.1 Å². The number of allylic oxidation sites excluding steroid dienone is 1. The number of nitrogens with zero attached hydrogens (tertiary/aromatic N) is 2. The van der Waals surface area contributed by atoms with Gasteiger partial charge in [-0.05, 0) is 11.6 Å². The Morgan fingerprint density at radius 2 is 1.62 bits per heavy atom. The lowest BCUT2D eigenvalue weighted by molar-refractivity contribution is -0.918. The molecule has 24 heavy (non-hydrogen) atoms. The van der Waals surface area contributed by atoms with Gasteiger partial charge in [-0.3, -0.25) is 5.01 Å². The molecule has 0 aromatic heterocycles. The molecule has 1 aliphatic rings. The fourth-order valence-electron chi connectivity index (χ4n) is 2.87. The summed E-state index contributed by atoms with van der Waals surface area (Å²) in [6.07, 6.45) is 3.68. The second-order valence-electron chi connectivity index (χ2n) is 6.05. The third-order valence-electron chi connectivity index (χ3n) is 4.19. The van der Waals surface area contributed by atoms with Crippen LogP contribution in [0, 0.1) is 0 Å². The summed E-state index contributed by atoms with van der Waals surface area (Å²) in [6, 6.07) is 20.7. The highest BCUT2D eigenvalue weighted by atomic mass is 35.5. The van der Waals surface area contributed by atoms with Crippen LogP contribution in [-0.2, 0) is 6.54 Å². The number of hydrogen-bond donors (Lipinski definition) is 1. The van der Waals surface area contributed by atoms with E-state index in [4.69, 9.17) is 11.6 Å². The minimum atomic E-state index is 0.653. The van der Waals surface area contributed by atoms with Crippen molar-refractivity contribution >= 4 is 23.9 Å². The first-order valence-corrected chi connectivity index (χ1v) is 8.76. The maximum atomic E-state index is 6.25. The number of hydrazone groups is 1. The first-order valence-electron chi connectivity index (χ1n) is 8.38. The largest absolute Gasteiger partial charge is 0.328 e. The molecule has 0 aliphatic carbocycles. The summed E-state index contributed by atoms with van der Waals surface area (Å²) in [4.78, 5) is 1.61. The van der Waals surface area contributed by atoms with Crippen LogP contribution in [0.4, 0.5) is 0 Å². The van der Waals surface area contributed by atoms with Crippen LogP contribution in [0.5, 0.6) is 0 Å². The van der Waals surface area contributed by atoms with Gasteiger partial charge < -0.3 is 4.90 Å². The second-order valence-corrected chi connectivity index (χ2v) is 6.49. The standard InChI is InChI=1S/C20H22ClN3/c21-20(15-18-7-3-1-4-8-18)16-22-24-13-11-23(12-14-24)17-19-9-5-2-6-10-19/h1-10,15-16H,11-14,17H2/p+1/b20-15-,22-16+. The monoisotopic (exact) mass is 340 g/mol. The van der Waals surface area contributed by atoms with E-state index in [1.807, 2.05) is 36.4 Å². The highest BCUT2D eigenvalue weighted by Crippen LogP contribution is 2.08. The normalized spacial score (nSPS) is 16.7. The smallest absolute Gasteiger partial charge is 0.103 e. The first kappa shape index (κ1) is 16.7. The molecule has 1 aliphatic heterocycles. The van der Waals surface area contributed by atoms with Crippen molar-refractivity contribution in [2.75, 3.05) is 26.2 Å². The zero-order valence-corrected chi connectivity index (χ0v) is 14.5. The number of nitrogens with one attached hydrogen (secondary N) is 1. The lowest BCUT2D eigenvalue weighted by atomic mass is 10.2. The SMILES string of the molecule is ClC(=C\c1ccccc1)/C=N/N1CC[NH+](Cc2ccccc2)CC1.